The van der Waals surface area contributed by atoms with Crippen molar-refractivity contribution in [1.82, 2.24) is 14.8 Å². The maximum Gasteiger partial charge on any atom is 0.317 e. The Bertz CT molecular complexity index is 503. The van der Waals surface area contributed by atoms with Gasteiger partial charge in [-0.3, -0.25) is 19.5 Å². The van der Waals surface area contributed by atoms with Gasteiger partial charge in [0.1, 0.15) is 0 Å². The number of nitrogens with two attached hydrogens (primary N) is 1. The minimum atomic E-state index is -0.833. The molecule has 21 heavy (non-hydrogen) atoms. The van der Waals surface area contributed by atoms with Crippen LogP contribution < -0.4 is 5.73 Å². The van der Waals surface area contributed by atoms with E-state index < -0.39 is 5.97 Å². The van der Waals surface area contributed by atoms with Gasteiger partial charge in [-0.2, -0.15) is 0 Å². The van der Waals surface area contributed by atoms with Crippen LogP contribution in [-0.4, -0.2) is 64.5 Å². The number of aliphatic carboxylic acids is 1. The maximum atomic E-state index is 12.3. The van der Waals surface area contributed by atoms with Gasteiger partial charge in [-0.05, 0) is 18.6 Å². The number of carboxylic acid groups (broad SMARTS) is 1. The fourth-order valence-electron chi connectivity index (χ4n) is 2.38. The Morgan fingerprint density at radius 2 is 2.05 bits per heavy atom. The van der Waals surface area contributed by atoms with E-state index in [1.807, 2.05) is 4.90 Å². The molecule has 1 aromatic heterocycles. The van der Waals surface area contributed by atoms with Crippen molar-refractivity contribution < 1.29 is 14.7 Å². The molecule has 2 rings (SSSR count). The van der Waals surface area contributed by atoms with Crippen molar-refractivity contribution >= 4 is 17.6 Å². The first kappa shape index (κ1) is 15.2. The predicted molar refractivity (Wildman–Crippen MR) is 77.6 cm³/mol. The van der Waals surface area contributed by atoms with E-state index in [9.17, 15) is 9.59 Å². The number of nitrogen functional groups attached to an aromatic ring is 1. The summed E-state index contributed by atoms with van der Waals surface area (Å²) < 4.78 is 0. The van der Waals surface area contributed by atoms with Crippen LogP contribution in [0.15, 0.2) is 18.3 Å². The molecule has 1 saturated heterocycles. The van der Waals surface area contributed by atoms with Crippen LogP contribution in [0.2, 0.25) is 0 Å². The molecule has 0 aromatic carbocycles. The van der Waals surface area contributed by atoms with E-state index >= 15 is 0 Å². The van der Waals surface area contributed by atoms with E-state index in [2.05, 4.69) is 4.98 Å². The topological polar surface area (TPSA) is 99.8 Å². The molecule has 2 heterocycles. The van der Waals surface area contributed by atoms with Crippen molar-refractivity contribution in [3.63, 3.8) is 0 Å². The number of rotatable bonds is 4. The lowest BCUT2D eigenvalue weighted by Crippen LogP contribution is -2.37. The number of carbonyl (C=O) groups excluding carboxylic acids is 1. The molecule has 0 unspecified atom stereocenters. The Morgan fingerprint density at radius 1 is 1.24 bits per heavy atom. The van der Waals surface area contributed by atoms with Gasteiger partial charge < -0.3 is 15.7 Å². The lowest BCUT2D eigenvalue weighted by molar-refractivity contribution is -0.138. The highest BCUT2D eigenvalue weighted by Gasteiger charge is 2.20. The second kappa shape index (κ2) is 7.03. The van der Waals surface area contributed by atoms with Gasteiger partial charge in [-0.15, -0.1) is 0 Å². The van der Waals surface area contributed by atoms with Gasteiger partial charge in [0.15, 0.2) is 0 Å². The number of hydrogen-bond donors (Lipinski definition) is 2. The van der Waals surface area contributed by atoms with Gasteiger partial charge in [0.2, 0.25) is 5.91 Å². The highest BCUT2D eigenvalue weighted by atomic mass is 16.4. The SMILES string of the molecule is Nc1ccc(CC(=O)N2CCCN(CC(=O)O)CC2)nc1. The highest BCUT2D eigenvalue weighted by molar-refractivity contribution is 5.78. The normalized spacial score (nSPS) is 16.5. The van der Waals surface area contributed by atoms with Crippen LogP contribution in [0.4, 0.5) is 5.69 Å². The minimum absolute atomic E-state index is 0.0180. The zero-order chi connectivity index (χ0) is 15.2. The second-order valence-electron chi connectivity index (χ2n) is 5.16. The number of nitrogens with zero attached hydrogens (tertiary/aromatic N) is 3. The maximum absolute atomic E-state index is 12.3. The van der Waals surface area contributed by atoms with Gasteiger partial charge in [-0.1, -0.05) is 0 Å². The molecule has 0 radical (unpaired) electrons. The van der Waals surface area contributed by atoms with Gasteiger partial charge in [0.05, 0.1) is 24.8 Å². The summed E-state index contributed by atoms with van der Waals surface area (Å²) in [6.45, 7) is 2.54. The lowest BCUT2D eigenvalue weighted by Gasteiger charge is -2.21. The van der Waals surface area contributed by atoms with Crippen LogP contribution in [-0.2, 0) is 16.0 Å². The van der Waals surface area contributed by atoms with E-state index in [0.29, 0.717) is 37.6 Å². The summed E-state index contributed by atoms with van der Waals surface area (Å²) in [5, 5.41) is 8.81. The molecule has 7 heteroatoms. The molecule has 0 saturated carbocycles. The van der Waals surface area contributed by atoms with E-state index in [1.165, 1.54) is 0 Å². The molecule has 1 aromatic rings. The summed E-state index contributed by atoms with van der Waals surface area (Å²) in [6, 6.07) is 3.48. The Kier molecular flexibility index (Phi) is 5.10. The number of aromatic nitrogens is 1. The molecule has 0 aliphatic carbocycles. The number of pyridine rings is 1. The smallest absolute Gasteiger partial charge is 0.317 e. The van der Waals surface area contributed by atoms with Crippen molar-refractivity contribution in [3.05, 3.63) is 24.0 Å². The summed E-state index contributed by atoms with van der Waals surface area (Å²) in [5.74, 6) is -0.815. The fraction of sp³-hybridized carbons (Fsp3) is 0.500. The Labute approximate surface area is 123 Å². The van der Waals surface area contributed by atoms with Crippen LogP contribution in [0.25, 0.3) is 0 Å². The van der Waals surface area contributed by atoms with E-state index in [1.54, 1.807) is 23.2 Å². The minimum Gasteiger partial charge on any atom is -0.480 e. The Balaban J connectivity index is 1.88. The van der Waals surface area contributed by atoms with Crippen molar-refractivity contribution in [2.24, 2.45) is 0 Å². The summed E-state index contributed by atoms with van der Waals surface area (Å²) >= 11 is 0. The molecule has 1 fully saturated rings. The average Bonchev–Trinajstić information content (AvgIpc) is 2.66. The molecule has 0 bridgehead atoms. The zero-order valence-electron chi connectivity index (χ0n) is 11.9. The van der Waals surface area contributed by atoms with Crippen LogP contribution in [0.5, 0.6) is 0 Å². The van der Waals surface area contributed by atoms with Crippen LogP contribution >= 0.6 is 0 Å². The second-order valence-corrected chi connectivity index (χ2v) is 5.16. The molecular formula is C14H20N4O3. The first-order valence-electron chi connectivity index (χ1n) is 6.97. The molecule has 114 valence electrons. The molecule has 1 aliphatic heterocycles. The number of amides is 1. The Hall–Kier alpha value is -2.15. The predicted octanol–water partition coefficient (Wildman–Crippen LogP) is -0.175. The number of hydrogen-bond acceptors (Lipinski definition) is 5. The third-order valence-electron chi connectivity index (χ3n) is 3.48. The van der Waals surface area contributed by atoms with Crippen molar-refractivity contribution in [2.75, 3.05) is 38.5 Å². The molecule has 1 amide bonds. The van der Waals surface area contributed by atoms with Gasteiger partial charge in [-0.25, -0.2) is 0 Å². The van der Waals surface area contributed by atoms with Crippen molar-refractivity contribution in [3.8, 4) is 0 Å². The van der Waals surface area contributed by atoms with Crippen molar-refractivity contribution in [2.45, 2.75) is 12.8 Å². The number of carbonyl (C=O) groups is 2. The van der Waals surface area contributed by atoms with Crippen molar-refractivity contribution in [1.29, 1.82) is 0 Å². The first-order valence-corrected chi connectivity index (χ1v) is 6.97. The molecule has 0 atom stereocenters. The monoisotopic (exact) mass is 292 g/mol. The Morgan fingerprint density at radius 3 is 2.71 bits per heavy atom. The van der Waals surface area contributed by atoms with E-state index in [0.717, 1.165) is 6.42 Å². The molecule has 3 N–H and O–H groups in total. The molecule has 0 spiro atoms. The summed E-state index contributed by atoms with van der Waals surface area (Å²) in [5.41, 5.74) is 6.83. The molecular weight excluding hydrogens is 272 g/mol. The first-order chi connectivity index (χ1) is 10.0. The largest absolute Gasteiger partial charge is 0.480 e. The van der Waals surface area contributed by atoms with Crippen LogP contribution in [0.3, 0.4) is 0 Å². The van der Waals surface area contributed by atoms with E-state index in [-0.39, 0.29) is 18.9 Å². The fourth-order valence-corrected chi connectivity index (χ4v) is 2.38. The quantitative estimate of drug-likeness (QED) is 0.799. The lowest BCUT2D eigenvalue weighted by atomic mass is 10.2. The average molecular weight is 292 g/mol. The van der Waals surface area contributed by atoms with Gasteiger partial charge in [0, 0.05) is 31.9 Å². The summed E-state index contributed by atoms with van der Waals surface area (Å²) in [7, 11) is 0. The van der Waals surface area contributed by atoms with Crippen LogP contribution in [0.1, 0.15) is 12.1 Å². The standard InChI is InChI=1S/C14H20N4O3/c15-11-2-3-12(16-9-11)8-13(19)18-5-1-4-17(6-7-18)10-14(20)21/h2-3,9H,1,4-8,10,15H2,(H,20,21). The number of anilines is 1. The summed E-state index contributed by atoms with van der Waals surface area (Å²) in [4.78, 5) is 30.7. The zero-order valence-corrected chi connectivity index (χ0v) is 11.9. The third-order valence-corrected chi connectivity index (χ3v) is 3.48. The molecule has 7 nitrogen and oxygen atoms in total. The van der Waals surface area contributed by atoms with Crippen LogP contribution in [0, 0.1) is 0 Å². The third kappa shape index (κ3) is 4.71. The van der Waals surface area contributed by atoms with Gasteiger partial charge >= 0.3 is 5.97 Å². The summed E-state index contributed by atoms with van der Waals surface area (Å²) in [6.07, 6.45) is 2.58. The highest BCUT2D eigenvalue weighted by Crippen LogP contribution is 2.07. The van der Waals surface area contributed by atoms with Gasteiger partial charge in [0.25, 0.3) is 0 Å². The van der Waals surface area contributed by atoms with E-state index in [4.69, 9.17) is 10.8 Å². The molecule has 1 aliphatic rings. The number of carboxylic acids is 1.